The van der Waals surface area contributed by atoms with Gasteiger partial charge in [0.15, 0.2) is 11.5 Å². The number of carbonyl (C=O) groups excluding carboxylic acids is 1. The topological polar surface area (TPSA) is 95.6 Å². The molecule has 0 bridgehead atoms. The Kier molecular flexibility index (Phi) is 7.14. The first-order valence-corrected chi connectivity index (χ1v) is 11.2. The van der Waals surface area contributed by atoms with Crippen molar-refractivity contribution in [2.75, 3.05) is 31.6 Å². The molecule has 0 aliphatic carbocycles. The number of amides is 1. The van der Waals surface area contributed by atoms with E-state index in [1.165, 1.54) is 6.07 Å². The molecule has 1 amide bonds. The maximum atomic E-state index is 14.3. The van der Waals surface area contributed by atoms with Crippen molar-refractivity contribution in [2.24, 2.45) is 9.98 Å². The maximum Gasteiger partial charge on any atom is 0.269 e. The number of rotatable bonds is 7. The van der Waals surface area contributed by atoms with Gasteiger partial charge in [0.1, 0.15) is 11.5 Å². The monoisotopic (exact) mass is 455 g/mol. The highest BCUT2D eigenvalue weighted by atomic mass is 19.1. The number of likely N-dealkylation sites (tertiary alicyclic amines) is 1. The molecule has 2 fully saturated rings. The number of imidazole rings is 1. The summed E-state index contributed by atoms with van der Waals surface area (Å²) < 4.78 is 21.2. The SMILES string of the molecule is C=N/C(=C\N=C(/C)C(=O)Nc1cc(F)c2nc(C)cn2c1)N1CCC(NC2CCOCC2)C1. The van der Waals surface area contributed by atoms with Gasteiger partial charge < -0.3 is 24.7 Å². The van der Waals surface area contributed by atoms with Crippen LogP contribution in [0.15, 0.2) is 40.5 Å². The average molecular weight is 456 g/mol. The lowest BCUT2D eigenvalue weighted by molar-refractivity contribution is -0.110. The number of fused-ring (bicyclic) bond motifs is 1. The zero-order valence-corrected chi connectivity index (χ0v) is 19.1. The van der Waals surface area contributed by atoms with Crippen LogP contribution in [-0.4, -0.2) is 71.0 Å². The quantitative estimate of drug-likeness (QED) is 0.626. The molecule has 4 rings (SSSR count). The highest BCUT2D eigenvalue weighted by molar-refractivity contribution is 6.42. The van der Waals surface area contributed by atoms with Crippen LogP contribution in [0.2, 0.25) is 0 Å². The standard InChI is InChI=1S/C23H30FN7O2/c1-15-12-31-14-19(10-20(24)22(31)27-15)29-23(32)16(2)26-11-21(25-3)30-7-4-18(13-30)28-17-5-8-33-9-6-17/h10-12,14,17-18,28H,3-9,13H2,1-2H3,(H,29,32)/b21-11+,26-16+. The fourth-order valence-corrected chi connectivity index (χ4v) is 4.21. The van der Waals surface area contributed by atoms with Crippen LogP contribution in [0.3, 0.4) is 0 Å². The number of carbonyl (C=O) groups is 1. The third-order valence-corrected chi connectivity index (χ3v) is 5.95. The fraction of sp³-hybridized carbons (Fsp3) is 0.478. The molecular formula is C23H30FN7O2. The summed E-state index contributed by atoms with van der Waals surface area (Å²) >= 11 is 0. The first-order chi connectivity index (χ1) is 15.9. The van der Waals surface area contributed by atoms with Crippen LogP contribution in [0.25, 0.3) is 5.65 Å². The van der Waals surface area contributed by atoms with Gasteiger partial charge in [0.05, 0.1) is 17.6 Å². The normalized spacial score (nSPS) is 20.5. The van der Waals surface area contributed by atoms with Crippen molar-refractivity contribution < 1.29 is 13.9 Å². The molecule has 1 atom stereocenters. The van der Waals surface area contributed by atoms with Crippen LogP contribution in [0.5, 0.6) is 0 Å². The molecule has 4 heterocycles. The summed E-state index contributed by atoms with van der Waals surface area (Å²) in [5.74, 6) is -0.308. The van der Waals surface area contributed by atoms with Gasteiger partial charge >= 0.3 is 0 Å². The summed E-state index contributed by atoms with van der Waals surface area (Å²) in [7, 11) is 0. The second kappa shape index (κ2) is 10.2. The molecule has 2 aromatic rings. The molecule has 2 aliphatic heterocycles. The van der Waals surface area contributed by atoms with Crippen LogP contribution in [0.4, 0.5) is 10.1 Å². The number of anilines is 1. The number of pyridine rings is 1. The van der Waals surface area contributed by atoms with Crippen molar-refractivity contribution >= 4 is 29.7 Å². The predicted octanol–water partition coefficient (Wildman–Crippen LogP) is 2.52. The summed E-state index contributed by atoms with van der Waals surface area (Å²) in [5, 5.41) is 6.39. The van der Waals surface area contributed by atoms with Crippen LogP contribution in [0, 0.1) is 12.7 Å². The number of aryl methyl sites for hydroxylation is 1. The number of nitrogens with one attached hydrogen (secondary N) is 2. The van der Waals surface area contributed by atoms with E-state index in [9.17, 15) is 9.18 Å². The number of halogens is 1. The van der Waals surface area contributed by atoms with Crippen LogP contribution in [0.1, 0.15) is 31.9 Å². The highest BCUT2D eigenvalue weighted by Crippen LogP contribution is 2.19. The van der Waals surface area contributed by atoms with Gasteiger partial charge in [0, 0.05) is 56.8 Å². The van der Waals surface area contributed by atoms with Crippen molar-refractivity contribution in [1.29, 1.82) is 0 Å². The Morgan fingerprint density at radius 1 is 1.30 bits per heavy atom. The van der Waals surface area contributed by atoms with Crippen molar-refractivity contribution in [2.45, 2.75) is 45.2 Å². The molecule has 9 nitrogen and oxygen atoms in total. The number of aliphatic imine (C=N–C) groups is 2. The molecule has 1 unspecified atom stereocenters. The van der Waals surface area contributed by atoms with Crippen LogP contribution in [-0.2, 0) is 9.53 Å². The fourth-order valence-electron chi connectivity index (χ4n) is 4.21. The van der Waals surface area contributed by atoms with Crippen molar-refractivity contribution in [3.05, 3.63) is 42.0 Å². The van der Waals surface area contributed by atoms with Gasteiger partial charge in [-0.2, -0.15) is 0 Å². The van der Waals surface area contributed by atoms with E-state index in [1.54, 1.807) is 36.8 Å². The first-order valence-electron chi connectivity index (χ1n) is 11.2. The molecule has 0 spiro atoms. The van der Waals surface area contributed by atoms with Crippen molar-refractivity contribution in [3.63, 3.8) is 0 Å². The van der Waals surface area contributed by atoms with E-state index in [4.69, 9.17) is 4.74 Å². The minimum absolute atomic E-state index is 0.218. The molecule has 2 saturated heterocycles. The average Bonchev–Trinajstić information content (AvgIpc) is 3.41. The van der Waals surface area contributed by atoms with Gasteiger partial charge in [-0.25, -0.2) is 14.4 Å². The number of hydrogen-bond acceptors (Lipinski definition) is 7. The zero-order chi connectivity index (χ0) is 23.4. The molecule has 10 heteroatoms. The molecule has 176 valence electrons. The molecule has 2 aliphatic rings. The summed E-state index contributed by atoms with van der Waals surface area (Å²) in [4.78, 5) is 27.2. The minimum atomic E-state index is -0.508. The van der Waals surface area contributed by atoms with Crippen molar-refractivity contribution in [3.8, 4) is 0 Å². The molecule has 33 heavy (non-hydrogen) atoms. The highest BCUT2D eigenvalue weighted by Gasteiger charge is 2.26. The Morgan fingerprint density at radius 2 is 2.09 bits per heavy atom. The first kappa shape index (κ1) is 23.1. The van der Waals surface area contributed by atoms with E-state index in [-0.39, 0.29) is 11.4 Å². The van der Waals surface area contributed by atoms with E-state index in [0.717, 1.165) is 45.6 Å². The van der Waals surface area contributed by atoms with E-state index in [0.29, 0.717) is 29.3 Å². The summed E-state index contributed by atoms with van der Waals surface area (Å²) in [6, 6.07) is 2.12. The maximum absolute atomic E-state index is 14.3. The Bertz CT molecular complexity index is 1090. The third-order valence-electron chi connectivity index (χ3n) is 5.95. The zero-order valence-electron chi connectivity index (χ0n) is 19.1. The predicted molar refractivity (Wildman–Crippen MR) is 126 cm³/mol. The molecule has 0 aromatic carbocycles. The van der Waals surface area contributed by atoms with E-state index >= 15 is 0 Å². The third kappa shape index (κ3) is 5.63. The second-order valence-corrected chi connectivity index (χ2v) is 8.49. The van der Waals surface area contributed by atoms with Gasteiger partial charge in [0.2, 0.25) is 0 Å². The van der Waals surface area contributed by atoms with E-state index < -0.39 is 11.7 Å². The van der Waals surface area contributed by atoms with Gasteiger partial charge in [-0.05, 0) is 39.8 Å². The summed E-state index contributed by atoms with van der Waals surface area (Å²) in [6.07, 6.45) is 7.95. The van der Waals surface area contributed by atoms with E-state index in [2.05, 4.69) is 37.2 Å². The molecular weight excluding hydrogens is 425 g/mol. The largest absolute Gasteiger partial charge is 0.381 e. The number of aromatic nitrogens is 2. The number of ether oxygens (including phenoxy) is 1. The summed E-state index contributed by atoms with van der Waals surface area (Å²) in [5.41, 5.74) is 1.46. The van der Waals surface area contributed by atoms with E-state index in [1.807, 2.05) is 0 Å². The molecule has 0 radical (unpaired) electrons. The van der Waals surface area contributed by atoms with Gasteiger partial charge in [-0.3, -0.25) is 9.79 Å². The van der Waals surface area contributed by atoms with Crippen molar-refractivity contribution in [1.82, 2.24) is 19.6 Å². The van der Waals surface area contributed by atoms with Gasteiger partial charge in [-0.1, -0.05) is 0 Å². The Labute approximate surface area is 192 Å². The smallest absolute Gasteiger partial charge is 0.269 e. The lowest BCUT2D eigenvalue weighted by Crippen LogP contribution is -2.42. The lowest BCUT2D eigenvalue weighted by Gasteiger charge is -2.26. The second-order valence-electron chi connectivity index (χ2n) is 8.49. The lowest BCUT2D eigenvalue weighted by atomic mass is 10.1. The summed E-state index contributed by atoms with van der Waals surface area (Å²) in [6.45, 7) is 10.3. The molecule has 2 N–H and O–H groups in total. The Morgan fingerprint density at radius 3 is 2.85 bits per heavy atom. The van der Waals surface area contributed by atoms with Crippen LogP contribution < -0.4 is 10.6 Å². The Hall–Kier alpha value is -3.11. The van der Waals surface area contributed by atoms with Gasteiger partial charge in [0.25, 0.3) is 5.91 Å². The Balaban J connectivity index is 1.37. The number of hydrogen-bond donors (Lipinski definition) is 2. The van der Waals surface area contributed by atoms with Crippen LogP contribution >= 0.6 is 0 Å². The number of nitrogens with zero attached hydrogens (tertiary/aromatic N) is 5. The molecule has 0 saturated carbocycles. The van der Waals surface area contributed by atoms with Gasteiger partial charge in [-0.15, -0.1) is 0 Å². The molecule has 2 aromatic heterocycles. The minimum Gasteiger partial charge on any atom is -0.381 e.